The molecule has 3 nitrogen and oxygen atoms in total. The first kappa shape index (κ1) is 7.64. The highest BCUT2D eigenvalue weighted by atomic mass is 35.5. The zero-order chi connectivity index (χ0) is 8.55. The monoisotopic (exact) mass is 198 g/mol. The standard InChI is InChI=1S/C7H3ClN2OS/c8-7(11)5-1-4-6(12-5)2-9-3-10-4/h1-3H. The molecular weight excluding hydrogens is 196 g/mol. The van der Waals surface area contributed by atoms with Gasteiger partial charge in [-0.3, -0.25) is 4.79 Å². The number of fused-ring (bicyclic) bond motifs is 1. The molecule has 0 bridgehead atoms. The molecule has 0 amide bonds. The minimum atomic E-state index is -0.446. The van der Waals surface area contributed by atoms with Crippen LogP contribution in [0.25, 0.3) is 10.2 Å². The zero-order valence-corrected chi connectivity index (χ0v) is 7.39. The van der Waals surface area contributed by atoms with Crippen molar-refractivity contribution in [2.24, 2.45) is 0 Å². The summed E-state index contributed by atoms with van der Waals surface area (Å²) in [6.07, 6.45) is 3.11. The SMILES string of the molecule is O=C(Cl)c1cc2ncncc2s1. The third-order valence-electron chi connectivity index (χ3n) is 1.39. The molecule has 0 saturated heterocycles. The predicted molar refractivity (Wildman–Crippen MR) is 47.6 cm³/mol. The van der Waals surface area contributed by atoms with Crippen LogP contribution < -0.4 is 0 Å². The van der Waals surface area contributed by atoms with Crippen LogP contribution in [-0.4, -0.2) is 15.2 Å². The lowest BCUT2D eigenvalue weighted by Gasteiger charge is -1.80. The average molecular weight is 199 g/mol. The average Bonchev–Trinajstić information content (AvgIpc) is 2.46. The van der Waals surface area contributed by atoms with E-state index in [-0.39, 0.29) is 0 Å². The molecule has 0 saturated carbocycles. The van der Waals surface area contributed by atoms with Crippen molar-refractivity contribution in [2.75, 3.05) is 0 Å². The Morgan fingerprint density at radius 2 is 2.42 bits per heavy atom. The van der Waals surface area contributed by atoms with Gasteiger partial charge in [0.25, 0.3) is 5.24 Å². The van der Waals surface area contributed by atoms with Gasteiger partial charge in [0.05, 0.1) is 15.1 Å². The molecule has 2 aromatic heterocycles. The van der Waals surface area contributed by atoms with E-state index in [1.165, 1.54) is 17.7 Å². The Kier molecular flexibility index (Phi) is 1.78. The van der Waals surface area contributed by atoms with Gasteiger partial charge in [0, 0.05) is 6.20 Å². The topological polar surface area (TPSA) is 42.9 Å². The van der Waals surface area contributed by atoms with Crippen LogP contribution in [0.3, 0.4) is 0 Å². The first-order valence-electron chi connectivity index (χ1n) is 3.17. The first-order valence-corrected chi connectivity index (χ1v) is 4.36. The van der Waals surface area contributed by atoms with Crippen molar-refractivity contribution >= 4 is 38.4 Å². The van der Waals surface area contributed by atoms with Gasteiger partial charge in [-0.1, -0.05) is 0 Å². The maximum atomic E-state index is 10.7. The van der Waals surface area contributed by atoms with E-state index in [0.29, 0.717) is 4.88 Å². The van der Waals surface area contributed by atoms with Crippen molar-refractivity contribution in [3.05, 3.63) is 23.5 Å². The highest BCUT2D eigenvalue weighted by molar-refractivity contribution is 7.22. The highest BCUT2D eigenvalue weighted by Crippen LogP contribution is 2.23. The Balaban J connectivity index is 2.70. The van der Waals surface area contributed by atoms with Gasteiger partial charge in [0.15, 0.2) is 0 Å². The fourth-order valence-electron chi connectivity index (χ4n) is 0.882. The summed E-state index contributed by atoms with van der Waals surface area (Å²) in [5.41, 5.74) is 0.763. The molecule has 0 N–H and O–H groups in total. The summed E-state index contributed by atoms with van der Waals surface area (Å²) in [6, 6.07) is 1.66. The number of hydrogen-bond acceptors (Lipinski definition) is 4. The van der Waals surface area contributed by atoms with Crippen LogP contribution in [0.1, 0.15) is 9.67 Å². The van der Waals surface area contributed by atoms with Gasteiger partial charge in [-0.15, -0.1) is 11.3 Å². The highest BCUT2D eigenvalue weighted by Gasteiger charge is 2.07. The Morgan fingerprint density at radius 3 is 3.08 bits per heavy atom. The maximum absolute atomic E-state index is 10.7. The molecule has 60 valence electrons. The lowest BCUT2D eigenvalue weighted by molar-refractivity contribution is 0.108. The largest absolute Gasteiger partial charge is 0.275 e. The minimum Gasteiger partial charge on any atom is -0.275 e. The second-order valence-electron chi connectivity index (χ2n) is 2.16. The smallest absolute Gasteiger partial charge is 0.262 e. The summed E-state index contributed by atoms with van der Waals surface area (Å²) in [7, 11) is 0. The van der Waals surface area contributed by atoms with Crippen molar-refractivity contribution in [3.63, 3.8) is 0 Å². The van der Waals surface area contributed by atoms with Crippen LogP contribution in [0.2, 0.25) is 0 Å². The molecule has 0 aliphatic rings. The van der Waals surface area contributed by atoms with Crippen LogP contribution in [0, 0.1) is 0 Å². The molecule has 0 fully saturated rings. The van der Waals surface area contributed by atoms with Gasteiger partial charge in [-0.05, 0) is 17.7 Å². The lowest BCUT2D eigenvalue weighted by atomic mass is 10.4. The van der Waals surface area contributed by atoms with E-state index in [2.05, 4.69) is 9.97 Å². The fraction of sp³-hybridized carbons (Fsp3) is 0. The first-order chi connectivity index (χ1) is 5.77. The molecule has 0 aromatic carbocycles. The zero-order valence-electron chi connectivity index (χ0n) is 5.82. The third-order valence-corrected chi connectivity index (χ3v) is 2.76. The van der Waals surface area contributed by atoms with Crippen molar-refractivity contribution in [2.45, 2.75) is 0 Å². The van der Waals surface area contributed by atoms with E-state index in [9.17, 15) is 4.79 Å². The molecule has 0 atom stereocenters. The Hall–Kier alpha value is -1.00. The molecule has 0 unspecified atom stereocenters. The summed E-state index contributed by atoms with van der Waals surface area (Å²) in [5.74, 6) is 0. The Morgan fingerprint density at radius 1 is 1.58 bits per heavy atom. The summed E-state index contributed by atoms with van der Waals surface area (Å²) < 4.78 is 0.876. The number of aromatic nitrogens is 2. The molecule has 0 spiro atoms. The van der Waals surface area contributed by atoms with E-state index in [0.717, 1.165) is 10.2 Å². The number of carbonyl (C=O) groups is 1. The van der Waals surface area contributed by atoms with Crippen LogP contribution in [-0.2, 0) is 0 Å². The molecule has 2 aromatic rings. The van der Waals surface area contributed by atoms with Crippen LogP contribution in [0.15, 0.2) is 18.6 Å². The predicted octanol–water partition coefficient (Wildman–Crippen LogP) is 2.07. The maximum Gasteiger partial charge on any atom is 0.262 e. The van der Waals surface area contributed by atoms with Crippen LogP contribution >= 0.6 is 22.9 Å². The number of halogens is 1. The van der Waals surface area contributed by atoms with Gasteiger partial charge in [-0.2, -0.15) is 0 Å². The van der Waals surface area contributed by atoms with Gasteiger partial charge in [-0.25, -0.2) is 9.97 Å². The Bertz CT molecular complexity index is 407. The number of nitrogens with zero attached hydrogens (tertiary/aromatic N) is 2. The van der Waals surface area contributed by atoms with Crippen molar-refractivity contribution in [3.8, 4) is 0 Å². The fourth-order valence-corrected chi connectivity index (χ4v) is 1.87. The van der Waals surface area contributed by atoms with Crippen molar-refractivity contribution in [1.29, 1.82) is 0 Å². The van der Waals surface area contributed by atoms with E-state index in [1.54, 1.807) is 12.3 Å². The summed E-state index contributed by atoms with van der Waals surface area (Å²) in [5, 5.41) is -0.446. The normalized spacial score (nSPS) is 10.4. The van der Waals surface area contributed by atoms with Crippen molar-refractivity contribution in [1.82, 2.24) is 9.97 Å². The quantitative estimate of drug-likeness (QED) is 0.659. The number of carbonyl (C=O) groups excluding carboxylic acids is 1. The Labute approximate surface area is 77.0 Å². The van der Waals surface area contributed by atoms with Crippen LogP contribution in [0.4, 0.5) is 0 Å². The van der Waals surface area contributed by atoms with E-state index < -0.39 is 5.24 Å². The van der Waals surface area contributed by atoms with Gasteiger partial charge in [0.2, 0.25) is 0 Å². The second-order valence-corrected chi connectivity index (χ2v) is 3.58. The second kappa shape index (κ2) is 2.80. The molecular formula is C7H3ClN2OS. The van der Waals surface area contributed by atoms with Gasteiger partial charge in [0.1, 0.15) is 6.33 Å². The molecule has 0 radical (unpaired) electrons. The lowest BCUT2D eigenvalue weighted by Crippen LogP contribution is -1.79. The van der Waals surface area contributed by atoms with Crippen molar-refractivity contribution < 1.29 is 4.79 Å². The molecule has 5 heteroatoms. The number of hydrogen-bond donors (Lipinski definition) is 0. The minimum absolute atomic E-state index is 0.446. The molecule has 0 aliphatic heterocycles. The van der Waals surface area contributed by atoms with E-state index >= 15 is 0 Å². The molecule has 0 aliphatic carbocycles. The molecule has 2 rings (SSSR count). The van der Waals surface area contributed by atoms with E-state index in [1.807, 2.05) is 0 Å². The van der Waals surface area contributed by atoms with Gasteiger partial charge >= 0.3 is 0 Å². The number of rotatable bonds is 1. The van der Waals surface area contributed by atoms with E-state index in [4.69, 9.17) is 11.6 Å². The summed E-state index contributed by atoms with van der Waals surface area (Å²) >= 11 is 6.60. The third kappa shape index (κ3) is 1.19. The molecule has 2 heterocycles. The van der Waals surface area contributed by atoms with Crippen LogP contribution in [0.5, 0.6) is 0 Å². The molecule has 12 heavy (non-hydrogen) atoms. The number of thiophene rings is 1. The van der Waals surface area contributed by atoms with Gasteiger partial charge < -0.3 is 0 Å². The summed E-state index contributed by atoms with van der Waals surface area (Å²) in [6.45, 7) is 0. The summed E-state index contributed by atoms with van der Waals surface area (Å²) in [4.78, 5) is 19.1.